The zero-order chi connectivity index (χ0) is 14.7. The lowest BCUT2D eigenvalue weighted by molar-refractivity contribution is 0.325. The van der Waals surface area contributed by atoms with Crippen molar-refractivity contribution in [1.29, 1.82) is 0 Å². The van der Waals surface area contributed by atoms with Crippen LogP contribution in [0.4, 0.5) is 0 Å². The molecule has 0 saturated carbocycles. The predicted molar refractivity (Wildman–Crippen MR) is 85.5 cm³/mol. The zero-order valence-electron chi connectivity index (χ0n) is 11.7. The molecule has 0 fully saturated rings. The van der Waals surface area contributed by atoms with Gasteiger partial charge in [-0.25, -0.2) is 0 Å². The maximum absolute atomic E-state index is 5.55. The van der Waals surface area contributed by atoms with Gasteiger partial charge in [-0.3, -0.25) is 0 Å². The molecule has 4 nitrogen and oxygen atoms in total. The zero-order valence-corrected chi connectivity index (χ0v) is 14.3. The van der Waals surface area contributed by atoms with Crippen molar-refractivity contribution < 1.29 is 14.2 Å². The van der Waals surface area contributed by atoms with Crippen LogP contribution in [0.25, 0.3) is 10.2 Å². The third-order valence-corrected chi connectivity index (χ3v) is 4.65. The minimum absolute atomic E-state index is 0.622. The number of benzene rings is 1. The number of rotatable bonds is 6. The topological polar surface area (TPSA) is 43.5 Å². The minimum atomic E-state index is 0.622. The molecule has 0 aliphatic heterocycles. The minimum Gasteiger partial charge on any atom is -0.492 e. The first-order chi connectivity index (χ1) is 9.67. The Labute approximate surface area is 130 Å². The highest BCUT2D eigenvalue weighted by Crippen LogP contribution is 2.48. The lowest BCUT2D eigenvalue weighted by Crippen LogP contribution is -2.00. The normalized spacial score (nSPS) is 10.8. The van der Waals surface area contributed by atoms with Gasteiger partial charge < -0.3 is 19.2 Å². The van der Waals surface area contributed by atoms with Crippen molar-refractivity contribution in [2.75, 3.05) is 21.3 Å². The Hall–Kier alpha value is -1.05. The Balaban J connectivity index is 2.82. The molecule has 2 aromatic rings. The van der Waals surface area contributed by atoms with Crippen molar-refractivity contribution in [1.82, 2.24) is 4.98 Å². The average molecular weight is 326 g/mol. The summed E-state index contributed by atoms with van der Waals surface area (Å²) in [6, 6.07) is 0.920. The summed E-state index contributed by atoms with van der Waals surface area (Å²) < 4.78 is 18.2. The highest BCUT2D eigenvalue weighted by Gasteiger charge is 2.23. The number of hydrogen-bond donors (Lipinski definition) is 1. The lowest BCUT2D eigenvalue weighted by Gasteiger charge is -2.17. The third-order valence-electron chi connectivity index (χ3n) is 3.06. The molecule has 0 saturated heterocycles. The van der Waals surface area contributed by atoms with E-state index in [4.69, 9.17) is 26.4 Å². The van der Waals surface area contributed by atoms with Gasteiger partial charge in [-0.05, 0) is 18.6 Å². The second kappa shape index (κ2) is 6.60. The highest BCUT2D eigenvalue weighted by molar-refractivity contribution is 7.73. The average Bonchev–Trinajstić information content (AvgIpc) is 2.84. The molecule has 0 unspecified atom stereocenters. The molecular formula is C13H16NO3S2Si. The van der Waals surface area contributed by atoms with Crippen LogP contribution in [0.15, 0.2) is 0 Å². The summed E-state index contributed by atoms with van der Waals surface area (Å²) in [5.74, 6) is 2.00. The van der Waals surface area contributed by atoms with Gasteiger partial charge in [0.1, 0.15) is 0 Å². The number of fused-ring (bicyclic) bond motifs is 1. The van der Waals surface area contributed by atoms with Crippen molar-refractivity contribution in [3.05, 3.63) is 9.52 Å². The molecule has 0 bridgehead atoms. The summed E-state index contributed by atoms with van der Waals surface area (Å²) in [5.41, 5.74) is 2.06. The molecule has 3 radical (unpaired) electrons. The van der Waals surface area contributed by atoms with E-state index in [1.165, 1.54) is 11.3 Å². The van der Waals surface area contributed by atoms with E-state index in [1.807, 2.05) is 0 Å². The van der Waals surface area contributed by atoms with E-state index in [9.17, 15) is 0 Å². The molecule has 0 spiro atoms. The van der Waals surface area contributed by atoms with Crippen LogP contribution in [0.1, 0.15) is 12.0 Å². The monoisotopic (exact) mass is 326 g/mol. The summed E-state index contributed by atoms with van der Waals surface area (Å²) >= 11 is 6.75. The molecule has 2 rings (SSSR count). The number of aromatic amines is 1. The predicted octanol–water partition coefficient (Wildman–Crippen LogP) is 3.50. The Morgan fingerprint density at radius 3 is 2.30 bits per heavy atom. The fourth-order valence-corrected chi connectivity index (χ4v) is 3.66. The molecular weight excluding hydrogens is 310 g/mol. The summed E-state index contributed by atoms with van der Waals surface area (Å²) in [5, 5.41) is 0. The van der Waals surface area contributed by atoms with E-state index >= 15 is 0 Å². The maximum Gasteiger partial charge on any atom is 0.205 e. The van der Waals surface area contributed by atoms with Gasteiger partial charge in [-0.1, -0.05) is 12.5 Å². The molecule has 1 N–H and O–H groups in total. The van der Waals surface area contributed by atoms with Crippen LogP contribution in [0.5, 0.6) is 17.2 Å². The highest BCUT2D eigenvalue weighted by atomic mass is 32.1. The van der Waals surface area contributed by atoms with Gasteiger partial charge in [0.2, 0.25) is 5.75 Å². The smallest absolute Gasteiger partial charge is 0.205 e. The summed E-state index contributed by atoms with van der Waals surface area (Å²) in [4.78, 5) is 3.24. The van der Waals surface area contributed by atoms with E-state index in [0.717, 1.165) is 34.7 Å². The molecule has 0 atom stereocenters. The Kier molecular flexibility index (Phi) is 5.06. The van der Waals surface area contributed by atoms with E-state index < -0.39 is 0 Å². The number of hydrogen-bond acceptors (Lipinski definition) is 5. The third kappa shape index (κ3) is 2.57. The van der Waals surface area contributed by atoms with Crippen LogP contribution in [0.3, 0.4) is 0 Å². The number of ether oxygens (including phenoxy) is 3. The molecule has 107 valence electrons. The Morgan fingerprint density at radius 2 is 1.75 bits per heavy atom. The van der Waals surface area contributed by atoms with Crippen LogP contribution < -0.4 is 14.2 Å². The van der Waals surface area contributed by atoms with E-state index in [0.29, 0.717) is 21.2 Å². The fourth-order valence-electron chi connectivity index (χ4n) is 2.25. The van der Waals surface area contributed by atoms with E-state index in [2.05, 4.69) is 15.2 Å². The number of aryl methyl sites for hydroxylation is 1. The van der Waals surface area contributed by atoms with E-state index in [-0.39, 0.29) is 0 Å². The van der Waals surface area contributed by atoms with Crippen LogP contribution in [0, 0.1) is 3.95 Å². The van der Waals surface area contributed by atoms with Gasteiger partial charge in [0.15, 0.2) is 15.5 Å². The first-order valence-electron chi connectivity index (χ1n) is 6.16. The molecule has 1 heterocycles. The Morgan fingerprint density at radius 1 is 1.10 bits per heavy atom. The lowest BCUT2D eigenvalue weighted by atomic mass is 10.1. The van der Waals surface area contributed by atoms with Gasteiger partial charge in [0, 0.05) is 15.8 Å². The maximum atomic E-state index is 5.55. The first kappa shape index (κ1) is 15.3. The van der Waals surface area contributed by atoms with Crippen LogP contribution in [0.2, 0.25) is 6.04 Å². The van der Waals surface area contributed by atoms with Crippen molar-refractivity contribution in [3.8, 4) is 17.2 Å². The first-order valence-corrected chi connectivity index (χ1v) is 8.09. The number of aromatic nitrogens is 1. The van der Waals surface area contributed by atoms with Crippen LogP contribution in [-0.4, -0.2) is 36.6 Å². The van der Waals surface area contributed by atoms with Crippen LogP contribution in [-0.2, 0) is 6.42 Å². The molecule has 7 heteroatoms. The van der Waals surface area contributed by atoms with Crippen LogP contribution >= 0.6 is 23.6 Å². The quantitative estimate of drug-likeness (QED) is 0.652. The fraction of sp³-hybridized carbons (Fsp3) is 0.462. The molecule has 0 aliphatic carbocycles. The molecule has 1 aromatic heterocycles. The summed E-state index contributed by atoms with van der Waals surface area (Å²) in [6.07, 6.45) is 1.86. The molecule has 0 amide bonds. The number of methoxy groups -OCH3 is 3. The van der Waals surface area contributed by atoms with E-state index in [1.54, 1.807) is 21.3 Å². The van der Waals surface area contributed by atoms with Gasteiger partial charge in [0.05, 0.1) is 31.5 Å². The number of nitrogens with one attached hydrogen (secondary N) is 1. The van der Waals surface area contributed by atoms with Crippen molar-refractivity contribution in [3.63, 3.8) is 0 Å². The standard InChI is InChI=1S/C13H16NO3S2Si/c1-15-9-7(5-4-6-20)8-12(19-13(18)14-8)11(17-3)10(9)16-2/h4-6H2,1-3H3,(H,14,18). The van der Waals surface area contributed by atoms with Crippen molar-refractivity contribution in [2.45, 2.75) is 18.9 Å². The second-order valence-electron chi connectivity index (χ2n) is 4.15. The largest absolute Gasteiger partial charge is 0.492 e. The van der Waals surface area contributed by atoms with Crippen molar-refractivity contribution in [2.24, 2.45) is 0 Å². The molecule has 1 aromatic carbocycles. The number of H-pyrrole nitrogens is 1. The van der Waals surface area contributed by atoms with Gasteiger partial charge in [-0.2, -0.15) is 0 Å². The summed E-state index contributed by atoms with van der Waals surface area (Å²) in [6.45, 7) is 0. The van der Waals surface area contributed by atoms with Gasteiger partial charge in [0.25, 0.3) is 0 Å². The SMILES string of the molecule is COc1c(OC)c(OC)c2sc(=S)[nH]c2c1CCC[Si]. The molecule has 0 aliphatic rings. The van der Waals surface area contributed by atoms with Gasteiger partial charge in [-0.15, -0.1) is 11.3 Å². The van der Waals surface area contributed by atoms with Crippen molar-refractivity contribution >= 4 is 44.0 Å². The Bertz CT molecular complexity index is 666. The summed E-state index contributed by atoms with van der Waals surface area (Å²) in [7, 11) is 8.39. The van der Waals surface area contributed by atoms with Gasteiger partial charge >= 0.3 is 0 Å². The second-order valence-corrected chi connectivity index (χ2v) is 6.34. The number of thiazole rings is 1. The molecule has 20 heavy (non-hydrogen) atoms.